The molecule has 1 N–H and O–H groups in total. The first kappa shape index (κ1) is 15.9. The van der Waals surface area contributed by atoms with Crippen molar-refractivity contribution in [1.82, 2.24) is 9.97 Å². The molecule has 4 rings (SSSR count). The summed E-state index contributed by atoms with van der Waals surface area (Å²) in [5, 5.41) is 7.41. The number of hydrogen-bond acceptors (Lipinski definition) is 6. The van der Waals surface area contributed by atoms with E-state index < -0.39 is 0 Å². The Bertz CT molecular complexity index is 1020. The third kappa shape index (κ3) is 3.60. The van der Waals surface area contributed by atoms with Gasteiger partial charge in [-0.15, -0.1) is 22.7 Å². The largest absolute Gasteiger partial charge is 0.261 e. The maximum absolute atomic E-state index is 4.39. The third-order valence-electron chi connectivity index (χ3n) is 3.86. The van der Waals surface area contributed by atoms with Gasteiger partial charge >= 0.3 is 0 Å². The maximum atomic E-state index is 4.39. The van der Waals surface area contributed by atoms with Gasteiger partial charge < -0.3 is 0 Å². The summed E-state index contributed by atoms with van der Waals surface area (Å²) in [5.41, 5.74) is 5.58. The molecule has 0 saturated carbocycles. The molecule has 6 heteroatoms. The van der Waals surface area contributed by atoms with Crippen LogP contribution in [0.25, 0.3) is 10.2 Å². The lowest BCUT2D eigenvalue weighted by Crippen LogP contribution is -1.94. The highest BCUT2D eigenvalue weighted by atomic mass is 32.1. The van der Waals surface area contributed by atoms with E-state index in [9.17, 15) is 0 Å². The minimum Gasteiger partial charge on any atom is -0.261 e. The van der Waals surface area contributed by atoms with E-state index in [0.29, 0.717) is 0 Å². The zero-order valence-corrected chi connectivity index (χ0v) is 15.3. The molecule has 0 saturated heterocycles. The number of nitrogens with one attached hydrogen (secondary N) is 1. The summed E-state index contributed by atoms with van der Waals surface area (Å²) < 4.78 is 0. The van der Waals surface area contributed by atoms with Gasteiger partial charge in [-0.3, -0.25) is 5.43 Å². The molecule has 4 aromatic rings. The molecule has 4 nitrogen and oxygen atoms in total. The first-order chi connectivity index (χ1) is 12.3. The molecule has 0 aliphatic heterocycles. The van der Waals surface area contributed by atoms with E-state index in [1.54, 1.807) is 29.0 Å². The van der Waals surface area contributed by atoms with E-state index in [1.165, 1.54) is 16.0 Å². The molecule has 0 bridgehead atoms. The summed E-state index contributed by atoms with van der Waals surface area (Å²) in [4.78, 5) is 12.1. The van der Waals surface area contributed by atoms with Gasteiger partial charge in [0.2, 0.25) is 0 Å². The Balaban J connectivity index is 1.57. The molecule has 0 aliphatic rings. The highest BCUT2D eigenvalue weighted by Crippen LogP contribution is 2.29. The van der Waals surface area contributed by atoms with Gasteiger partial charge in [0.1, 0.15) is 11.2 Å². The molecule has 0 unspecified atom stereocenters. The van der Waals surface area contributed by atoms with Crippen molar-refractivity contribution in [3.8, 4) is 0 Å². The minimum absolute atomic E-state index is 0.742. The Kier molecular flexibility index (Phi) is 4.54. The molecule has 124 valence electrons. The second-order valence-corrected chi connectivity index (χ2v) is 7.72. The van der Waals surface area contributed by atoms with Crippen LogP contribution >= 0.6 is 22.7 Å². The predicted octanol–water partition coefficient (Wildman–Crippen LogP) is 5.10. The van der Waals surface area contributed by atoms with Crippen LogP contribution in [-0.4, -0.2) is 16.2 Å². The van der Waals surface area contributed by atoms with Gasteiger partial charge in [-0.2, -0.15) is 5.10 Å². The number of hydrazone groups is 1. The minimum atomic E-state index is 0.742. The van der Waals surface area contributed by atoms with Crippen molar-refractivity contribution in [1.29, 1.82) is 0 Å². The van der Waals surface area contributed by atoms with E-state index in [0.717, 1.165) is 27.3 Å². The van der Waals surface area contributed by atoms with Crippen LogP contribution in [0.3, 0.4) is 0 Å². The van der Waals surface area contributed by atoms with E-state index in [-0.39, 0.29) is 0 Å². The summed E-state index contributed by atoms with van der Waals surface area (Å²) >= 11 is 3.37. The second-order valence-electron chi connectivity index (χ2n) is 5.65. The van der Waals surface area contributed by atoms with Crippen LogP contribution in [-0.2, 0) is 6.42 Å². The normalized spacial score (nSPS) is 11.4. The summed E-state index contributed by atoms with van der Waals surface area (Å²) in [6.07, 6.45) is 4.32. The number of benzene rings is 1. The number of fused-ring (bicyclic) bond motifs is 1. The quantitative estimate of drug-likeness (QED) is 0.396. The highest BCUT2D eigenvalue weighted by molar-refractivity contribution is 7.18. The summed E-state index contributed by atoms with van der Waals surface area (Å²) in [7, 11) is 0. The van der Waals surface area contributed by atoms with Crippen molar-refractivity contribution in [2.75, 3.05) is 5.43 Å². The van der Waals surface area contributed by atoms with E-state index >= 15 is 0 Å². The Labute approximate surface area is 153 Å². The lowest BCUT2D eigenvalue weighted by atomic mass is 10.1. The predicted molar refractivity (Wildman–Crippen MR) is 107 cm³/mol. The number of aromatic nitrogens is 2. The first-order valence-corrected chi connectivity index (χ1v) is 9.60. The molecule has 1 aromatic carbocycles. The lowest BCUT2D eigenvalue weighted by Gasteiger charge is -1.99. The molecule has 0 radical (unpaired) electrons. The number of nitrogens with zero attached hydrogens (tertiary/aromatic N) is 3. The van der Waals surface area contributed by atoms with E-state index in [4.69, 9.17) is 0 Å². The molecular formula is C19H16N4S2. The van der Waals surface area contributed by atoms with Crippen molar-refractivity contribution in [2.24, 2.45) is 5.10 Å². The van der Waals surface area contributed by atoms with Gasteiger partial charge in [0.05, 0.1) is 11.6 Å². The van der Waals surface area contributed by atoms with Crippen LogP contribution in [0.2, 0.25) is 0 Å². The van der Waals surface area contributed by atoms with Crippen LogP contribution < -0.4 is 5.43 Å². The van der Waals surface area contributed by atoms with Crippen molar-refractivity contribution in [3.05, 3.63) is 75.1 Å². The molecular weight excluding hydrogens is 348 g/mol. The molecule has 0 spiro atoms. The molecule has 0 aliphatic carbocycles. The number of aryl methyl sites for hydroxylation is 1. The average Bonchev–Trinajstić information content (AvgIpc) is 3.22. The molecule has 25 heavy (non-hydrogen) atoms. The molecule has 3 aromatic heterocycles. The zero-order chi connectivity index (χ0) is 17.1. The van der Waals surface area contributed by atoms with Gasteiger partial charge in [0, 0.05) is 16.2 Å². The average molecular weight is 364 g/mol. The first-order valence-electron chi connectivity index (χ1n) is 7.90. The Morgan fingerprint density at radius 2 is 2.04 bits per heavy atom. The third-order valence-corrected chi connectivity index (χ3v) is 5.85. The number of anilines is 1. The smallest absolute Gasteiger partial charge is 0.158 e. The molecule has 0 amide bonds. The SMILES string of the molecule is Cc1ccsc1/C=N/Nc1ncnc2sc(Cc3ccccc3)cc12. The fraction of sp³-hybridized carbons (Fsp3) is 0.105. The van der Waals surface area contributed by atoms with Crippen molar-refractivity contribution in [2.45, 2.75) is 13.3 Å². The van der Waals surface area contributed by atoms with Crippen LogP contribution in [0.1, 0.15) is 20.9 Å². The summed E-state index contributed by atoms with van der Waals surface area (Å²) in [6.45, 7) is 2.08. The van der Waals surface area contributed by atoms with Crippen LogP contribution in [0.4, 0.5) is 5.82 Å². The molecule has 3 heterocycles. The van der Waals surface area contributed by atoms with Gasteiger partial charge in [-0.1, -0.05) is 30.3 Å². The van der Waals surface area contributed by atoms with Crippen LogP contribution in [0.15, 0.2) is 59.3 Å². The Morgan fingerprint density at radius 3 is 2.84 bits per heavy atom. The fourth-order valence-corrected chi connectivity index (χ4v) is 4.36. The monoisotopic (exact) mass is 364 g/mol. The van der Waals surface area contributed by atoms with Crippen LogP contribution in [0.5, 0.6) is 0 Å². The fourth-order valence-electron chi connectivity index (χ4n) is 2.55. The topological polar surface area (TPSA) is 50.2 Å². The lowest BCUT2D eigenvalue weighted by molar-refractivity contribution is 1.19. The Hall–Kier alpha value is -2.57. The number of rotatable bonds is 5. The number of hydrogen-bond donors (Lipinski definition) is 1. The summed E-state index contributed by atoms with van der Waals surface area (Å²) in [6, 6.07) is 14.7. The van der Waals surface area contributed by atoms with Gasteiger partial charge in [-0.25, -0.2) is 9.97 Å². The van der Waals surface area contributed by atoms with Gasteiger partial charge in [0.25, 0.3) is 0 Å². The van der Waals surface area contributed by atoms with Crippen LogP contribution in [0, 0.1) is 6.92 Å². The maximum Gasteiger partial charge on any atom is 0.158 e. The Morgan fingerprint density at radius 1 is 1.16 bits per heavy atom. The van der Waals surface area contributed by atoms with Crippen molar-refractivity contribution < 1.29 is 0 Å². The summed E-state index contributed by atoms with van der Waals surface area (Å²) in [5.74, 6) is 0.742. The number of thiophene rings is 2. The molecule has 0 atom stereocenters. The van der Waals surface area contributed by atoms with Gasteiger partial charge in [-0.05, 0) is 35.6 Å². The van der Waals surface area contributed by atoms with E-state index in [2.05, 4.69) is 69.2 Å². The van der Waals surface area contributed by atoms with E-state index in [1.807, 2.05) is 12.3 Å². The standard InChI is InChI=1S/C19H16N4S2/c1-13-7-8-24-17(13)11-22-23-18-16-10-15(25-19(16)21-12-20-18)9-14-5-3-2-4-6-14/h2-8,10-12H,9H2,1H3,(H,20,21,23)/b22-11+. The van der Waals surface area contributed by atoms with Gasteiger partial charge in [0.15, 0.2) is 5.82 Å². The van der Waals surface area contributed by atoms with Crippen molar-refractivity contribution in [3.63, 3.8) is 0 Å². The van der Waals surface area contributed by atoms with Crippen molar-refractivity contribution >= 4 is 44.9 Å². The second kappa shape index (κ2) is 7.13. The highest BCUT2D eigenvalue weighted by Gasteiger charge is 2.09. The molecule has 0 fully saturated rings. The zero-order valence-electron chi connectivity index (χ0n) is 13.6.